The van der Waals surface area contributed by atoms with Crippen molar-refractivity contribution in [1.29, 1.82) is 0 Å². The van der Waals surface area contributed by atoms with Crippen molar-refractivity contribution in [2.24, 2.45) is 11.7 Å². The summed E-state index contributed by atoms with van der Waals surface area (Å²) in [5, 5.41) is 0.857. The highest BCUT2D eigenvalue weighted by atomic mass is 79.9. The highest BCUT2D eigenvalue weighted by Crippen LogP contribution is 2.51. The second-order valence-electron chi connectivity index (χ2n) is 3.47. The molecule has 1 aromatic rings. The minimum Gasteiger partial charge on any atom is -0.330 e. The topological polar surface area (TPSA) is 26.0 Å². The molecule has 0 aromatic heterocycles. The van der Waals surface area contributed by atoms with Crippen molar-refractivity contribution in [2.75, 3.05) is 6.54 Å². The van der Waals surface area contributed by atoms with Crippen LogP contribution in [0.15, 0.2) is 22.7 Å². The molecule has 70 valence electrons. The lowest BCUT2D eigenvalue weighted by Crippen LogP contribution is -2.02. The van der Waals surface area contributed by atoms with Crippen LogP contribution >= 0.6 is 27.5 Å². The van der Waals surface area contributed by atoms with Gasteiger partial charge in [0.05, 0.1) is 0 Å². The number of nitrogens with two attached hydrogens (primary N) is 1. The Labute approximate surface area is 91.4 Å². The molecule has 0 spiro atoms. The fourth-order valence-corrected chi connectivity index (χ4v) is 2.82. The smallest absolute Gasteiger partial charge is 0.0452 e. The lowest BCUT2D eigenvalue weighted by Gasteiger charge is -2.05. The Morgan fingerprint density at radius 1 is 1.54 bits per heavy atom. The van der Waals surface area contributed by atoms with Crippen LogP contribution in [0.1, 0.15) is 17.9 Å². The van der Waals surface area contributed by atoms with Gasteiger partial charge in [-0.15, -0.1) is 0 Å². The third-order valence-electron chi connectivity index (χ3n) is 2.60. The Kier molecular flexibility index (Phi) is 2.63. The Balaban J connectivity index is 2.30. The maximum absolute atomic E-state index is 6.12. The molecule has 0 aliphatic heterocycles. The molecule has 0 heterocycles. The van der Waals surface area contributed by atoms with Crippen LogP contribution in [0.3, 0.4) is 0 Å². The first kappa shape index (κ1) is 9.50. The first-order valence-corrected chi connectivity index (χ1v) is 5.55. The number of hydrogen-bond acceptors (Lipinski definition) is 1. The molecular formula is C10H11BrClN. The van der Waals surface area contributed by atoms with Crippen LogP contribution in [0.2, 0.25) is 5.02 Å². The van der Waals surface area contributed by atoms with Gasteiger partial charge in [-0.3, -0.25) is 0 Å². The van der Waals surface area contributed by atoms with Crippen molar-refractivity contribution in [3.8, 4) is 0 Å². The molecule has 2 atom stereocenters. The second-order valence-corrected chi connectivity index (χ2v) is 4.73. The Morgan fingerprint density at radius 2 is 2.31 bits per heavy atom. The highest BCUT2D eigenvalue weighted by Gasteiger charge is 2.39. The second kappa shape index (κ2) is 3.60. The van der Waals surface area contributed by atoms with Gasteiger partial charge >= 0.3 is 0 Å². The average Bonchev–Trinajstić information content (AvgIpc) is 2.83. The van der Waals surface area contributed by atoms with Crippen molar-refractivity contribution >= 4 is 27.5 Å². The lowest BCUT2D eigenvalue weighted by atomic mass is 10.1. The molecule has 1 fully saturated rings. The van der Waals surface area contributed by atoms with Crippen molar-refractivity contribution in [3.63, 3.8) is 0 Å². The van der Waals surface area contributed by atoms with Gasteiger partial charge in [0, 0.05) is 9.50 Å². The summed E-state index contributed by atoms with van der Waals surface area (Å²) in [6, 6.07) is 5.93. The van der Waals surface area contributed by atoms with Gasteiger partial charge < -0.3 is 5.73 Å². The van der Waals surface area contributed by atoms with Gasteiger partial charge in [0.1, 0.15) is 0 Å². The molecule has 2 rings (SSSR count). The predicted molar refractivity (Wildman–Crippen MR) is 59.1 cm³/mol. The zero-order valence-corrected chi connectivity index (χ0v) is 9.48. The van der Waals surface area contributed by atoms with E-state index in [1.165, 1.54) is 12.0 Å². The van der Waals surface area contributed by atoms with E-state index in [0.717, 1.165) is 16.0 Å². The van der Waals surface area contributed by atoms with E-state index in [1.807, 2.05) is 18.2 Å². The Bertz CT molecular complexity index is 306. The van der Waals surface area contributed by atoms with Crippen molar-refractivity contribution in [1.82, 2.24) is 0 Å². The summed E-state index contributed by atoms with van der Waals surface area (Å²) in [6.07, 6.45) is 1.18. The summed E-state index contributed by atoms with van der Waals surface area (Å²) in [6.45, 7) is 0.766. The number of hydrogen-bond donors (Lipinski definition) is 1. The van der Waals surface area contributed by atoms with Gasteiger partial charge in [0.25, 0.3) is 0 Å². The SMILES string of the molecule is NCC1CC1c1c(Cl)cccc1Br. The van der Waals surface area contributed by atoms with Gasteiger partial charge in [-0.1, -0.05) is 33.6 Å². The van der Waals surface area contributed by atoms with Crippen LogP contribution in [0.5, 0.6) is 0 Å². The van der Waals surface area contributed by atoms with Crippen LogP contribution in [0.25, 0.3) is 0 Å². The molecule has 1 aliphatic carbocycles. The van der Waals surface area contributed by atoms with Crippen LogP contribution in [-0.2, 0) is 0 Å². The summed E-state index contributed by atoms with van der Waals surface area (Å²) in [5.41, 5.74) is 6.84. The molecule has 1 aromatic carbocycles. The van der Waals surface area contributed by atoms with Gasteiger partial charge in [0.15, 0.2) is 0 Å². The molecule has 13 heavy (non-hydrogen) atoms. The summed E-state index contributed by atoms with van der Waals surface area (Å²) in [5.74, 6) is 1.21. The zero-order chi connectivity index (χ0) is 9.42. The summed E-state index contributed by atoms with van der Waals surface area (Å²) in [7, 11) is 0. The van der Waals surface area contributed by atoms with Crippen molar-refractivity contribution < 1.29 is 0 Å². The highest BCUT2D eigenvalue weighted by molar-refractivity contribution is 9.10. The molecule has 3 heteroatoms. The predicted octanol–water partition coefficient (Wildman–Crippen LogP) is 3.16. The van der Waals surface area contributed by atoms with Crippen LogP contribution < -0.4 is 5.73 Å². The van der Waals surface area contributed by atoms with Crippen LogP contribution in [-0.4, -0.2) is 6.54 Å². The molecule has 2 unspecified atom stereocenters. The summed E-state index contributed by atoms with van der Waals surface area (Å²) < 4.78 is 1.11. The normalized spacial score (nSPS) is 26.1. The molecule has 0 radical (unpaired) electrons. The molecule has 0 amide bonds. The van der Waals surface area contributed by atoms with Crippen molar-refractivity contribution in [2.45, 2.75) is 12.3 Å². The zero-order valence-electron chi connectivity index (χ0n) is 7.13. The van der Waals surface area contributed by atoms with Crippen molar-refractivity contribution in [3.05, 3.63) is 33.3 Å². The average molecular weight is 261 g/mol. The maximum Gasteiger partial charge on any atom is 0.0452 e. The quantitative estimate of drug-likeness (QED) is 0.868. The molecular weight excluding hydrogens is 249 g/mol. The van der Waals surface area contributed by atoms with Crippen LogP contribution in [0.4, 0.5) is 0 Å². The van der Waals surface area contributed by atoms with E-state index in [1.54, 1.807) is 0 Å². The Hall–Kier alpha value is -0.0500. The van der Waals surface area contributed by atoms with E-state index >= 15 is 0 Å². The monoisotopic (exact) mass is 259 g/mol. The van der Waals surface area contributed by atoms with E-state index < -0.39 is 0 Å². The number of halogens is 2. The van der Waals surface area contributed by atoms with Crippen LogP contribution in [0, 0.1) is 5.92 Å². The fraction of sp³-hybridized carbons (Fsp3) is 0.400. The summed E-state index contributed by atoms with van der Waals surface area (Å²) in [4.78, 5) is 0. The number of rotatable bonds is 2. The number of benzene rings is 1. The van der Waals surface area contributed by atoms with Gasteiger partial charge in [-0.05, 0) is 42.5 Å². The molecule has 0 bridgehead atoms. The molecule has 1 nitrogen and oxygen atoms in total. The van der Waals surface area contributed by atoms with E-state index in [4.69, 9.17) is 17.3 Å². The molecule has 0 saturated heterocycles. The Morgan fingerprint density at radius 3 is 2.85 bits per heavy atom. The van der Waals surface area contributed by atoms with E-state index in [2.05, 4.69) is 15.9 Å². The summed E-state index contributed by atoms with van der Waals surface area (Å²) >= 11 is 9.64. The third kappa shape index (κ3) is 1.76. The lowest BCUT2D eigenvalue weighted by molar-refractivity contribution is 0.808. The molecule has 1 saturated carbocycles. The maximum atomic E-state index is 6.12. The van der Waals surface area contributed by atoms with E-state index in [-0.39, 0.29) is 0 Å². The first-order chi connectivity index (χ1) is 6.24. The molecule has 1 aliphatic rings. The van der Waals surface area contributed by atoms with Gasteiger partial charge in [0.2, 0.25) is 0 Å². The van der Waals surface area contributed by atoms with E-state index in [0.29, 0.717) is 11.8 Å². The van der Waals surface area contributed by atoms with Gasteiger partial charge in [-0.25, -0.2) is 0 Å². The standard InChI is InChI=1S/C10H11BrClN/c11-8-2-1-3-9(12)10(8)7-4-6(7)5-13/h1-3,6-7H,4-5,13H2. The first-order valence-electron chi connectivity index (χ1n) is 4.38. The van der Waals surface area contributed by atoms with E-state index in [9.17, 15) is 0 Å². The molecule has 2 N–H and O–H groups in total. The largest absolute Gasteiger partial charge is 0.330 e. The van der Waals surface area contributed by atoms with Gasteiger partial charge in [-0.2, -0.15) is 0 Å². The minimum absolute atomic E-state index is 0.577. The minimum atomic E-state index is 0.577. The third-order valence-corrected chi connectivity index (χ3v) is 3.62. The fourth-order valence-electron chi connectivity index (χ4n) is 1.73.